The minimum atomic E-state index is -3.64. The molecule has 1 aromatic rings. The number of carbonyl (C=O) groups is 1. The molecular weight excluding hydrogens is 294 g/mol. The molecule has 0 radical (unpaired) electrons. The summed E-state index contributed by atoms with van der Waals surface area (Å²) < 4.78 is 31.0. The van der Waals surface area contributed by atoms with E-state index in [0.29, 0.717) is 0 Å². The molecule has 0 aliphatic carbocycles. The Labute approximate surface area is 116 Å². The first kappa shape index (κ1) is 15.7. The lowest BCUT2D eigenvalue weighted by molar-refractivity contribution is -0.139. The Balaban J connectivity index is 2.96. The molecule has 106 valence electrons. The third kappa shape index (κ3) is 4.70. The molecule has 0 aliphatic heterocycles. The lowest BCUT2D eigenvalue weighted by Crippen LogP contribution is -2.30. The summed E-state index contributed by atoms with van der Waals surface area (Å²) in [5, 5.41) is 8.51. The number of ether oxygens (including phenoxy) is 1. The van der Waals surface area contributed by atoms with Gasteiger partial charge in [0.05, 0.1) is 9.92 Å². The minimum Gasteiger partial charge on any atom is -0.480 e. The van der Waals surface area contributed by atoms with Gasteiger partial charge in [0.1, 0.15) is 5.75 Å². The maximum atomic E-state index is 11.9. The van der Waals surface area contributed by atoms with Gasteiger partial charge in [-0.3, -0.25) is 0 Å². The summed E-state index contributed by atoms with van der Waals surface area (Å²) in [6.45, 7) is 2.85. The van der Waals surface area contributed by atoms with Gasteiger partial charge in [-0.2, -0.15) is 0 Å². The van der Waals surface area contributed by atoms with Gasteiger partial charge in [0, 0.05) is 6.04 Å². The Morgan fingerprint density at radius 2 is 2.11 bits per heavy atom. The van der Waals surface area contributed by atoms with E-state index in [9.17, 15) is 13.2 Å². The van der Waals surface area contributed by atoms with Gasteiger partial charge in [-0.05, 0) is 32.0 Å². The van der Waals surface area contributed by atoms with Crippen LogP contribution in [0.4, 0.5) is 0 Å². The second-order valence-electron chi connectivity index (χ2n) is 4.05. The summed E-state index contributed by atoms with van der Waals surface area (Å²) >= 11 is 5.85. The molecule has 0 saturated carbocycles. The van der Waals surface area contributed by atoms with Crippen molar-refractivity contribution in [2.45, 2.75) is 24.8 Å². The highest BCUT2D eigenvalue weighted by molar-refractivity contribution is 7.89. The maximum absolute atomic E-state index is 11.9. The second-order valence-corrected chi connectivity index (χ2v) is 6.17. The van der Waals surface area contributed by atoms with Crippen molar-refractivity contribution in [2.75, 3.05) is 6.61 Å². The molecule has 0 fully saturated rings. The Morgan fingerprint density at radius 3 is 2.58 bits per heavy atom. The third-order valence-corrected chi connectivity index (χ3v) is 3.91. The van der Waals surface area contributed by atoms with E-state index in [1.54, 1.807) is 13.8 Å². The molecule has 0 amide bonds. The molecular formula is C11H14ClNO5S. The van der Waals surface area contributed by atoms with E-state index in [4.69, 9.17) is 21.4 Å². The lowest BCUT2D eigenvalue weighted by atomic mass is 10.3. The van der Waals surface area contributed by atoms with Crippen LogP contribution in [0.5, 0.6) is 5.75 Å². The zero-order chi connectivity index (χ0) is 14.6. The fourth-order valence-corrected chi connectivity index (χ4v) is 2.86. The van der Waals surface area contributed by atoms with E-state index in [1.165, 1.54) is 18.2 Å². The van der Waals surface area contributed by atoms with Crippen LogP contribution in [0.1, 0.15) is 13.8 Å². The summed E-state index contributed by atoms with van der Waals surface area (Å²) in [6, 6.07) is 3.59. The molecule has 8 heteroatoms. The Bertz CT molecular complexity index is 570. The number of hydrogen-bond acceptors (Lipinski definition) is 4. The van der Waals surface area contributed by atoms with Crippen molar-refractivity contribution in [1.29, 1.82) is 0 Å². The highest BCUT2D eigenvalue weighted by Crippen LogP contribution is 2.27. The van der Waals surface area contributed by atoms with Crippen LogP contribution in [0.3, 0.4) is 0 Å². The molecule has 0 bridgehead atoms. The number of nitrogens with one attached hydrogen (secondary N) is 1. The van der Waals surface area contributed by atoms with Gasteiger partial charge in [0.2, 0.25) is 10.0 Å². The Morgan fingerprint density at radius 1 is 1.47 bits per heavy atom. The number of carboxylic acid groups (broad SMARTS) is 1. The van der Waals surface area contributed by atoms with Gasteiger partial charge in [-0.15, -0.1) is 0 Å². The van der Waals surface area contributed by atoms with Gasteiger partial charge >= 0.3 is 5.97 Å². The van der Waals surface area contributed by atoms with E-state index in [2.05, 4.69) is 4.72 Å². The van der Waals surface area contributed by atoms with E-state index in [1.807, 2.05) is 0 Å². The topological polar surface area (TPSA) is 92.7 Å². The fourth-order valence-electron chi connectivity index (χ4n) is 1.28. The van der Waals surface area contributed by atoms with Crippen molar-refractivity contribution < 1.29 is 23.1 Å². The summed E-state index contributed by atoms with van der Waals surface area (Å²) in [7, 11) is -3.64. The highest BCUT2D eigenvalue weighted by atomic mass is 35.5. The van der Waals surface area contributed by atoms with Crippen molar-refractivity contribution in [3.63, 3.8) is 0 Å². The van der Waals surface area contributed by atoms with E-state index in [0.717, 1.165) is 0 Å². The van der Waals surface area contributed by atoms with Crippen LogP contribution in [-0.4, -0.2) is 32.1 Å². The number of rotatable bonds is 6. The molecule has 0 aromatic heterocycles. The van der Waals surface area contributed by atoms with Crippen LogP contribution >= 0.6 is 11.6 Å². The summed E-state index contributed by atoms with van der Waals surface area (Å²) in [4.78, 5) is 10.4. The second kappa shape index (κ2) is 6.23. The van der Waals surface area contributed by atoms with E-state index >= 15 is 0 Å². The lowest BCUT2D eigenvalue weighted by Gasteiger charge is -2.11. The van der Waals surface area contributed by atoms with Crippen LogP contribution in [0.25, 0.3) is 0 Å². The fraction of sp³-hybridized carbons (Fsp3) is 0.364. The van der Waals surface area contributed by atoms with E-state index < -0.39 is 22.6 Å². The normalized spacial score (nSPS) is 11.6. The number of halogens is 1. The van der Waals surface area contributed by atoms with Gasteiger partial charge in [-0.1, -0.05) is 11.6 Å². The van der Waals surface area contributed by atoms with Crippen molar-refractivity contribution in [1.82, 2.24) is 4.72 Å². The Hall–Kier alpha value is -1.31. The molecule has 19 heavy (non-hydrogen) atoms. The summed E-state index contributed by atoms with van der Waals surface area (Å²) in [5.41, 5.74) is 0. The van der Waals surface area contributed by atoms with Crippen molar-refractivity contribution >= 4 is 27.6 Å². The molecule has 0 spiro atoms. The monoisotopic (exact) mass is 307 g/mol. The zero-order valence-corrected chi connectivity index (χ0v) is 12.0. The summed E-state index contributed by atoms with van der Waals surface area (Å²) in [5.74, 6) is -1.03. The molecule has 0 atom stereocenters. The van der Waals surface area contributed by atoms with E-state index in [-0.39, 0.29) is 21.7 Å². The average molecular weight is 308 g/mol. The molecule has 2 N–H and O–H groups in total. The number of carboxylic acids is 1. The van der Waals surface area contributed by atoms with Crippen LogP contribution in [-0.2, 0) is 14.8 Å². The summed E-state index contributed by atoms with van der Waals surface area (Å²) in [6.07, 6.45) is 0. The number of hydrogen-bond donors (Lipinski definition) is 2. The number of sulfonamides is 1. The zero-order valence-electron chi connectivity index (χ0n) is 10.4. The molecule has 6 nitrogen and oxygen atoms in total. The van der Waals surface area contributed by atoms with Crippen LogP contribution in [0.2, 0.25) is 5.02 Å². The number of benzene rings is 1. The maximum Gasteiger partial charge on any atom is 0.341 e. The van der Waals surface area contributed by atoms with Gasteiger partial charge in [0.15, 0.2) is 6.61 Å². The van der Waals surface area contributed by atoms with Crippen molar-refractivity contribution in [3.05, 3.63) is 23.2 Å². The SMILES string of the molecule is CC(C)NS(=O)(=O)c1ccc(OCC(=O)O)c(Cl)c1. The molecule has 0 aliphatic rings. The molecule has 1 rings (SSSR count). The van der Waals surface area contributed by atoms with Gasteiger partial charge in [-0.25, -0.2) is 17.9 Å². The predicted octanol–water partition coefficient (Wildman–Crippen LogP) is 1.49. The standard InChI is InChI=1S/C11H14ClNO5S/c1-7(2)13-19(16,17)8-3-4-10(9(12)5-8)18-6-11(14)15/h3-5,7,13H,6H2,1-2H3,(H,14,15). The quantitative estimate of drug-likeness (QED) is 0.830. The van der Waals surface area contributed by atoms with Crippen molar-refractivity contribution in [2.24, 2.45) is 0 Å². The first-order valence-corrected chi connectivity index (χ1v) is 7.25. The smallest absolute Gasteiger partial charge is 0.341 e. The predicted molar refractivity (Wildman–Crippen MR) is 70.0 cm³/mol. The average Bonchev–Trinajstić information content (AvgIpc) is 2.25. The van der Waals surface area contributed by atoms with Crippen LogP contribution < -0.4 is 9.46 Å². The molecule has 1 aromatic carbocycles. The first-order chi connectivity index (χ1) is 8.72. The molecule has 0 unspecified atom stereocenters. The number of aliphatic carboxylic acids is 1. The first-order valence-electron chi connectivity index (χ1n) is 5.39. The van der Waals surface area contributed by atoms with Crippen LogP contribution in [0, 0.1) is 0 Å². The molecule has 0 heterocycles. The van der Waals surface area contributed by atoms with Gasteiger partial charge in [0.25, 0.3) is 0 Å². The molecule has 0 saturated heterocycles. The van der Waals surface area contributed by atoms with Crippen LogP contribution in [0.15, 0.2) is 23.1 Å². The Kier molecular flexibility index (Phi) is 5.16. The largest absolute Gasteiger partial charge is 0.480 e. The third-order valence-electron chi connectivity index (χ3n) is 1.96. The highest BCUT2D eigenvalue weighted by Gasteiger charge is 2.17. The van der Waals surface area contributed by atoms with Gasteiger partial charge < -0.3 is 9.84 Å². The minimum absolute atomic E-state index is 0.00567. The van der Waals surface area contributed by atoms with Crippen molar-refractivity contribution in [3.8, 4) is 5.75 Å².